The first-order valence-electron chi connectivity index (χ1n) is 10.0. The molecule has 2 saturated heterocycles. The van der Waals surface area contributed by atoms with Crippen LogP contribution in [0.15, 0.2) is 30.3 Å². The number of fused-ring (bicyclic) bond motifs is 1. The van der Waals surface area contributed by atoms with Crippen LogP contribution in [0.4, 0.5) is 0 Å². The second kappa shape index (κ2) is 8.68. The highest BCUT2D eigenvalue weighted by Gasteiger charge is 2.65. The summed E-state index contributed by atoms with van der Waals surface area (Å²) in [6, 6.07) is 7.54. The molecular weight excluding hydrogens is 458 g/mol. The topological polar surface area (TPSA) is 116 Å². The summed E-state index contributed by atoms with van der Waals surface area (Å²) in [6.45, 7) is 7.96. The van der Waals surface area contributed by atoms with Crippen molar-refractivity contribution in [3.63, 3.8) is 0 Å². The molecule has 0 bridgehead atoms. The van der Waals surface area contributed by atoms with Gasteiger partial charge in [0.15, 0.2) is 6.10 Å². The van der Waals surface area contributed by atoms with Crippen molar-refractivity contribution >= 4 is 39.7 Å². The van der Waals surface area contributed by atoms with Crippen LogP contribution in [-0.4, -0.2) is 60.2 Å². The van der Waals surface area contributed by atoms with Crippen molar-refractivity contribution in [1.82, 2.24) is 4.90 Å². The highest BCUT2D eigenvalue weighted by atomic mass is 32.2. The number of hydrogen-bond donors (Lipinski definition) is 0. The molecule has 0 saturated carbocycles. The number of thioether (sulfide) groups is 1. The van der Waals surface area contributed by atoms with Gasteiger partial charge in [-0.25, -0.2) is 4.79 Å². The number of nitrogens with zero attached hydrogens (tertiary/aromatic N) is 1. The Kier molecular flexibility index (Phi) is 6.65. The van der Waals surface area contributed by atoms with Crippen LogP contribution >= 0.6 is 11.8 Å². The molecule has 1 aromatic rings. The van der Waals surface area contributed by atoms with Gasteiger partial charge < -0.3 is 14.4 Å². The number of rotatable bonds is 7. The number of benzene rings is 1. The normalized spacial score (nSPS) is 24.5. The van der Waals surface area contributed by atoms with Crippen LogP contribution in [0.5, 0.6) is 0 Å². The lowest BCUT2D eigenvalue weighted by Crippen LogP contribution is -2.66. The number of β-lactam (4-membered cyclic amide) rings is 1. The molecule has 2 fully saturated rings. The van der Waals surface area contributed by atoms with Gasteiger partial charge in [0.05, 0.1) is 5.41 Å². The molecule has 0 radical (unpaired) electrons. The van der Waals surface area contributed by atoms with Crippen molar-refractivity contribution in [3.05, 3.63) is 35.9 Å². The van der Waals surface area contributed by atoms with E-state index in [0.29, 0.717) is 5.56 Å². The summed E-state index contributed by atoms with van der Waals surface area (Å²) in [5.41, 5.74) is -0.203. The third-order valence-electron chi connectivity index (χ3n) is 5.06. The lowest BCUT2D eigenvalue weighted by Gasteiger charge is -2.42. The molecule has 2 aliphatic heterocycles. The molecule has 0 aromatic heterocycles. The molecule has 0 unspecified atom stereocenters. The van der Waals surface area contributed by atoms with Gasteiger partial charge in [0.2, 0.25) is 6.79 Å². The van der Waals surface area contributed by atoms with E-state index in [2.05, 4.69) is 0 Å². The molecule has 3 atom stereocenters. The maximum absolute atomic E-state index is 12.7. The Morgan fingerprint density at radius 1 is 1.12 bits per heavy atom. The zero-order valence-electron chi connectivity index (χ0n) is 18.6. The highest BCUT2D eigenvalue weighted by molar-refractivity contribution is 8.01. The van der Waals surface area contributed by atoms with E-state index in [-0.39, 0.29) is 5.75 Å². The van der Waals surface area contributed by atoms with Crippen LogP contribution in [0, 0.1) is 5.41 Å². The first-order valence-corrected chi connectivity index (χ1v) is 12.5. The van der Waals surface area contributed by atoms with Crippen LogP contribution < -0.4 is 0 Å². The lowest BCUT2D eigenvalue weighted by molar-refractivity contribution is -0.182. The largest absolute Gasteiger partial charge is 0.427 e. The number of carbonyl (C=O) groups excluding carboxylic acids is 3. The van der Waals surface area contributed by atoms with Crippen LogP contribution in [0.25, 0.3) is 0 Å². The summed E-state index contributed by atoms with van der Waals surface area (Å²) in [4.78, 5) is 38.5. The fourth-order valence-electron chi connectivity index (χ4n) is 3.45. The number of carbonyl (C=O) groups is 3. The summed E-state index contributed by atoms with van der Waals surface area (Å²) in [5.74, 6) is -2.22. The SMILES string of the molecule is CC(C)(C)C(=O)OCOC(=O)[C@@H]1N2C(=O)[C@@H](OS(=O)(=O)Cc3ccccc3)[C@H]2SC1(C)C. The van der Waals surface area contributed by atoms with E-state index >= 15 is 0 Å². The first kappa shape index (κ1) is 24.5. The quantitative estimate of drug-likeness (QED) is 0.248. The second-order valence-electron chi connectivity index (χ2n) is 9.23. The molecule has 2 heterocycles. The van der Waals surface area contributed by atoms with E-state index < -0.39 is 62.4 Å². The van der Waals surface area contributed by atoms with Gasteiger partial charge in [0.25, 0.3) is 16.0 Å². The summed E-state index contributed by atoms with van der Waals surface area (Å²) in [7, 11) is -4.01. The van der Waals surface area contributed by atoms with Gasteiger partial charge in [-0.1, -0.05) is 30.3 Å². The lowest BCUT2D eigenvalue weighted by atomic mass is 9.97. The van der Waals surface area contributed by atoms with Gasteiger partial charge in [0, 0.05) is 4.75 Å². The molecule has 1 amide bonds. The smallest absolute Gasteiger partial charge is 0.333 e. The number of ether oxygens (including phenoxy) is 2. The van der Waals surface area contributed by atoms with Crippen LogP contribution in [0.1, 0.15) is 40.2 Å². The Hall–Kier alpha value is -2.11. The Bertz CT molecular complexity index is 1000. The average molecular weight is 486 g/mol. The van der Waals surface area contributed by atoms with E-state index in [1.54, 1.807) is 65.0 Å². The van der Waals surface area contributed by atoms with Gasteiger partial charge in [-0.15, -0.1) is 11.8 Å². The fourth-order valence-corrected chi connectivity index (χ4v) is 6.29. The molecule has 0 N–H and O–H groups in total. The van der Waals surface area contributed by atoms with Crippen molar-refractivity contribution in [2.75, 3.05) is 6.79 Å². The van der Waals surface area contributed by atoms with Gasteiger partial charge in [-0.2, -0.15) is 8.42 Å². The molecule has 11 heteroatoms. The van der Waals surface area contributed by atoms with E-state index in [1.807, 2.05) is 0 Å². The average Bonchev–Trinajstić information content (AvgIpc) is 2.94. The standard InChI is InChI=1S/C21H27NO8S2/c1-20(2,3)19(25)29-12-28-18(24)15-21(4,5)31-17-14(16(23)22(15)17)30-32(26,27)11-13-9-7-6-8-10-13/h6-10,14-15,17H,11-12H2,1-5H3/t14-,15+,17-/m1/s1. The monoisotopic (exact) mass is 485 g/mol. The van der Waals surface area contributed by atoms with Crippen molar-refractivity contribution in [2.45, 2.75) is 62.6 Å². The van der Waals surface area contributed by atoms with Gasteiger partial charge >= 0.3 is 11.9 Å². The molecule has 0 aliphatic carbocycles. The molecule has 0 spiro atoms. The summed E-state index contributed by atoms with van der Waals surface area (Å²) in [5, 5.41) is -0.641. The van der Waals surface area contributed by atoms with E-state index in [1.165, 1.54) is 16.7 Å². The summed E-state index contributed by atoms with van der Waals surface area (Å²) < 4.78 is 39.4. The molecule has 9 nitrogen and oxygen atoms in total. The van der Waals surface area contributed by atoms with Crippen LogP contribution in [0.3, 0.4) is 0 Å². The van der Waals surface area contributed by atoms with Gasteiger partial charge in [-0.3, -0.25) is 13.8 Å². The number of esters is 2. The minimum atomic E-state index is -4.01. The third-order valence-corrected chi connectivity index (χ3v) is 7.79. The fraction of sp³-hybridized carbons (Fsp3) is 0.571. The van der Waals surface area contributed by atoms with E-state index in [0.717, 1.165) is 0 Å². The molecule has 1 aromatic carbocycles. The Balaban J connectivity index is 1.63. The number of hydrogen-bond acceptors (Lipinski definition) is 9. The van der Waals surface area contributed by atoms with Crippen molar-refractivity contribution in [3.8, 4) is 0 Å². The van der Waals surface area contributed by atoms with E-state index in [4.69, 9.17) is 13.7 Å². The molecular formula is C21H27NO8S2. The highest BCUT2D eigenvalue weighted by Crippen LogP contribution is 2.52. The first-order chi connectivity index (χ1) is 14.7. The maximum Gasteiger partial charge on any atom is 0.333 e. The molecule has 32 heavy (non-hydrogen) atoms. The zero-order valence-corrected chi connectivity index (χ0v) is 20.2. The Morgan fingerprint density at radius 3 is 2.34 bits per heavy atom. The third kappa shape index (κ3) is 5.10. The second-order valence-corrected chi connectivity index (χ2v) is 12.6. The van der Waals surface area contributed by atoms with Gasteiger partial charge in [-0.05, 0) is 40.2 Å². The van der Waals surface area contributed by atoms with Crippen LogP contribution in [-0.2, 0) is 43.9 Å². The minimum absolute atomic E-state index is 0.358. The zero-order chi connectivity index (χ0) is 23.9. The van der Waals surface area contributed by atoms with Crippen molar-refractivity contribution < 1.29 is 36.5 Å². The summed E-state index contributed by atoms with van der Waals surface area (Å²) >= 11 is 1.26. The Morgan fingerprint density at radius 2 is 1.75 bits per heavy atom. The van der Waals surface area contributed by atoms with Crippen LogP contribution in [0.2, 0.25) is 0 Å². The molecule has 2 aliphatic rings. The van der Waals surface area contributed by atoms with E-state index in [9.17, 15) is 22.8 Å². The summed E-state index contributed by atoms with van der Waals surface area (Å²) in [6.07, 6.45) is -1.20. The molecule has 176 valence electrons. The predicted octanol–water partition coefficient (Wildman–Crippen LogP) is 2.05. The van der Waals surface area contributed by atoms with Gasteiger partial charge in [0.1, 0.15) is 17.2 Å². The number of amides is 1. The van der Waals surface area contributed by atoms with Crippen molar-refractivity contribution in [1.29, 1.82) is 0 Å². The molecule has 3 rings (SSSR count). The van der Waals surface area contributed by atoms with Crippen molar-refractivity contribution in [2.24, 2.45) is 5.41 Å². The maximum atomic E-state index is 12.7. The predicted molar refractivity (Wildman–Crippen MR) is 117 cm³/mol. The minimum Gasteiger partial charge on any atom is -0.427 e. The Labute approximate surface area is 191 Å².